The first-order valence-corrected chi connectivity index (χ1v) is 13.9. The van der Waals surface area contributed by atoms with Crippen LogP contribution in [-0.2, 0) is 17.5 Å². The summed E-state index contributed by atoms with van der Waals surface area (Å²) in [6.45, 7) is 4.70. The number of carbonyl (C=O) groups is 1. The molecule has 0 aliphatic carbocycles. The molecule has 2 fully saturated rings. The summed E-state index contributed by atoms with van der Waals surface area (Å²) in [4.78, 5) is 31.2. The number of alkyl halides is 3. The maximum Gasteiger partial charge on any atom is 0.417 e. The predicted octanol–water partition coefficient (Wildman–Crippen LogP) is 4.47. The third kappa shape index (κ3) is 7.00. The molecule has 42 heavy (non-hydrogen) atoms. The SMILES string of the molecule is CN1CCN(c2ccc(-c3cc(CNC4CCOCC4)ccc3F)cc2NC(=O)c2c[nH]c(=O)cc2C(F)(F)F)CC1. The molecule has 2 aliphatic rings. The van der Waals surface area contributed by atoms with Gasteiger partial charge < -0.3 is 30.2 Å². The lowest BCUT2D eigenvalue weighted by Gasteiger charge is -2.35. The van der Waals surface area contributed by atoms with Crippen LogP contribution in [0.4, 0.5) is 28.9 Å². The lowest BCUT2D eigenvalue weighted by molar-refractivity contribution is -0.138. The van der Waals surface area contributed by atoms with E-state index in [1.165, 1.54) is 6.07 Å². The molecule has 12 heteroatoms. The number of ether oxygens (including phenoxy) is 1. The third-order valence-corrected chi connectivity index (χ3v) is 7.72. The average Bonchev–Trinajstić information content (AvgIpc) is 2.97. The van der Waals surface area contributed by atoms with Crippen LogP contribution in [0.1, 0.15) is 34.3 Å². The molecule has 2 aromatic carbocycles. The highest BCUT2D eigenvalue weighted by molar-refractivity contribution is 6.07. The van der Waals surface area contributed by atoms with Crippen molar-refractivity contribution in [3.63, 3.8) is 0 Å². The Morgan fingerprint density at radius 2 is 1.79 bits per heavy atom. The molecular formula is C30H33F4N5O3. The third-order valence-electron chi connectivity index (χ3n) is 7.72. The zero-order valence-corrected chi connectivity index (χ0v) is 23.2. The van der Waals surface area contributed by atoms with E-state index >= 15 is 4.39 Å². The van der Waals surface area contributed by atoms with Gasteiger partial charge in [-0.25, -0.2) is 4.39 Å². The highest BCUT2D eigenvalue weighted by atomic mass is 19.4. The number of aromatic nitrogens is 1. The molecule has 3 aromatic rings. The summed E-state index contributed by atoms with van der Waals surface area (Å²) in [5, 5.41) is 6.10. The summed E-state index contributed by atoms with van der Waals surface area (Å²) in [5.41, 5.74) is -0.536. The molecule has 3 heterocycles. The second-order valence-electron chi connectivity index (χ2n) is 10.7. The van der Waals surface area contributed by atoms with Gasteiger partial charge in [-0.05, 0) is 55.3 Å². The molecule has 1 aromatic heterocycles. The van der Waals surface area contributed by atoms with Gasteiger partial charge in [-0.2, -0.15) is 13.2 Å². The van der Waals surface area contributed by atoms with E-state index in [0.717, 1.165) is 37.7 Å². The van der Waals surface area contributed by atoms with Gasteiger partial charge in [-0.15, -0.1) is 0 Å². The van der Waals surface area contributed by atoms with E-state index in [-0.39, 0.29) is 5.69 Å². The molecule has 2 aliphatic heterocycles. The number of benzene rings is 2. The Morgan fingerprint density at radius 1 is 1.05 bits per heavy atom. The second kappa shape index (κ2) is 12.6. The number of rotatable bonds is 7. The Balaban J connectivity index is 1.48. The summed E-state index contributed by atoms with van der Waals surface area (Å²) in [5.74, 6) is -1.50. The number of carbonyl (C=O) groups excluding carboxylic acids is 1. The van der Waals surface area contributed by atoms with Gasteiger partial charge in [-0.1, -0.05) is 12.1 Å². The van der Waals surface area contributed by atoms with E-state index in [1.54, 1.807) is 30.3 Å². The van der Waals surface area contributed by atoms with Gasteiger partial charge in [0, 0.05) is 69.8 Å². The summed E-state index contributed by atoms with van der Waals surface area (Å²) < 4.78 is 61.6. The van der Waals surface area contributed by atoms with Crippen LogP contribution in [0.15, 0.2) is 53.5 Å². The van der Waals surface area contributed by atoms with Crippen LogP contribution in [0.3, 0.4) is 0 Å². The van der Waals surface area contributed by atoms with Crippen LogP contribution in [-0.4, -0.2) is 68.3 Å². The molecule has 0 saturated carbocycles. The van der Waals surface area contributed by atoms with E-state index < -0.39 is 34.6 Å². The number of halogens is 4. The van der Waals surface area contributed by atoms with Crippen molar-refractivity contribution in [2.24, 2.45) is 0 Å². The second-order valence-corrected chi connectivity index (χ2v) is 10.7. The summed E-state index contributed by atoms with van der Waals surface area (Å²) in [6, 6.07) is 10.6. The molecule has 0 bridgehead atoms. The molecule has 1 amide bonds. The molecule has 8 nitrogen and oxygen atoms in total. The molecule has 0 unspecified atom stereocenters. The van der Waals surface area contributed by atoms with Gasteiger partial charge in [0.25, 0.3) is 5.91 Å². The Hall–Kier alpha value is -3.74. The Kier molecular flexibility index (Phi) is 8.95. The van der Waals surface area contributed by atoms with Crippen molar-refractivity contribution in [1.82, 2.24) is 15.2 Å². The number of aromatic amines is 1. The van der Waals surface area contributed by atoms with Crippen molar-refractivity contribution in [2.75, 3.05) is 56.7 Å². The van der Waals surface area contributed by atoms with Crippen molar-refractivity contribution in [3.05, 3.63) is 81.5 Å². The van der Waals surface area contributed by atoms with E-state index in [0.29, 0.717) is 61.8 Å². The van der Waals surface area contributed by atoms with Crippen molar-refractivity contribution < 1.29 is 27.1 Å². The predicted molar refractivity (Wildman–Crippen MR) is 152 cm³/mol. The fourth-order valence-electron chi connectivity index (χ4n) is 5.28. The fourth-order valence-corrected chi connectivity index (χ4v) is 5.28. The van der Waals surface area contributed by atoms with Gasteiger partial charge in [0.05, 0.1) is 22.5 Å². The van der Waals surface area contributed by atoms with Crippen LogP contribution < -0.4 is 21.1 Å². The molecule has 224 valence electrons. The number of hydrogen-bond acceptors (Lipinski definition) is 6. The quantitative estimate of drug-likeness (QED) is 0.354. The topological polar surface area (TPSA) is 89.7 Å². The first-order valence-electron chi connectivity index (χ1n) is 13.9. The van der Waals surface area contributed by atoms with Crippen molar-refractivity contribution in [1.29, 1.82) is 0 Å². The average molecular weight is 588 g/mol. The summed E-state index contributed by atoms with van der Waals surface area (Å²) in [6.07, 6.45) is -2.35. The van der Waals surface area contributed by atoms with Gasteiger partial charge in [0.15, 0.2) is 0 Å². The normalized spacial score (nSPS) is 16.9. The fraction of sp³-hybridized carbons (Fsp3) is 0.400. The van der Waals surface area contributed by atoms with Crippen LogP contribution in [0.5, 0.6) is 0 Å². The monoisotopic (exact) mass is 587 g/mol. The Morgan fingerprint density at radius 3 is 2.50 bits per heavy atom. The number of anilines is 2. The first kappa shape index (κ1) is 29.7. The Bertz CT molecular complexity index is 1480. The minimum atomic E-state index is -4.91. The van der Waals surface area contributed by atoms with E-state index in [2.05, 4.69) is 20.5 Å². The number of nitrogens with zero attached hydrogens (tertiary/aromatic N) is 2. The molecule has 0 atom stereocenters. The van der Waals surface area contributed by atoms with Gasteiger partial charge in [0.2, 0.25) is 5.56 Å². The van der Waals surface area contributed by atoms with Crippen LogP contribution >= 0.6 is 0 Å². The van der Waals surface area contributed by atoms with Gasteiger partial charge in [0.1, 0.15) is 5.82 Å². The summed E-state index contributed by atoms with van der Waals surface area (Å²) >= 11 is 0. The number of H-pyrrole nitrogens is 1. The van der Waals surface area contributed by atoms with Crippen LogP contribution in [0.2, 0.25) is 0 Å². The number of pyridine rings is 1. The maximum absolute atomic E-state index is 15.1. The minimum absolute atomic E-state index is 0.242. The van der Waals surface area contributed by atoms with Gasteiger partial charge in [-0.3, -0.25) is 9.59 Å². The summed E-state index contributed by atoms with van der Waals surface area (Å²) in [7, 11) is 1.99. The molecule has 0 radical (unpaired) electrons. The van der Waals surface area contributed by atoms with Crippen molar-refractivity contribution >= 4 is 17.3 Å². The highest BCUT2D eigenvalue weighted by Gasteiger charge is 2.36. The van der Waals surface area contributed by atoms with E-state index in [9.17, 15) is 22.8 Å². The van der Waals surface area contributed by atoms with E-state index in [4.69, 9.17) is 4.74 Å². The number of nitrogens with one attached hydrogen (secondary N) is 3. The standard InChI is InChI=1S/C30H33F4N5O3/c1-38-8-10-39(11-9-38)27-5-3-20(22-14-19(2-4-25(22)31)17-35-21-6-12-42-13-7-21)15-26(27)37-29(41)23-18-36-28(40)16-24(23)30(32,33)34/h2-5,14-16,18,21,35H,6-13,17H2,1H3,(H,36,40)(H,37,41). The zero-order valence-electron chi connectivity index (χ0n) is 23.2. The molecular weight excluding hydrogens is 554 g/mol. The molecule has 2 saturated heterocycles. The minimum Gasteiger partial charge on any atom is -0.381 e. The Labute approximate surface area is 240 Å². The smallest absolute Gasteiger partial charge is 0.381 e. The maximum atomic E-state index is 15.1. The first-order chi connectivity index (χ1) is 20.1. The van der Waals surface area contributed by atoms with Crippen LogP contribution in [0.25, 0.3) is 11.1 Å². The number of hydrogen-bond donors (Lipinski definition) is 3. The van der Waals surface area contributed by atoms with Gasteiger partial charge >= 0.3 is 6.18 Å². The van der Waals surface area contributed by atoms with Crippen LogP contribution in [0, 0.1) is 5.82 Å². The number of amides is 1. The largest absolute Gasteiger partial charge is 0.417 e. The molecule has 3 N–H and O–H groups in total. The lowest BCUT2D eigenvalue weighted by atomic mass is 10.00. The van der Waals surface area contributed by atoms with Crippen molar-refractivity contribution in [3.8, 4) is 11.1 Å². The number of piperazine rings is 1. The zero-order chi connectivity index (χ0) is 29.9. The lowest BCUT2D eigenvalue weighted by Crippen LogP contribution is -2.44. The van der Waals surface area contributed by atoms with Crippen molar-refractivity contribution in [2.45, 2.75) is 31.6 Å². The number of likely N-dealkylation sites (N-methyl/N-ethyl adjacent to an activating group) is 1. The highest BCUT2D eigenvalue weighted by Crippen LogP contribution is 2.35. The van der Waals surface area contributed by atoms with E-state index in [1.807, 2.05) is 11.9 Å². The molecule has 0 spiro atoms. The molecule has 5 rings (SSSR count).